The lowest BCUT2D eigenvalue weighted by Crippen LogP contribution is -2.43. The van der Waals surface area contributed by atoms with Gasteiger partial charge in [0.05, 0.1) is 13.0 Å². The Morgan fingerprint density at radius 1 is 1.35 bits per heavy atom. The van der Waals surface area contributed by atoms with Crippen LogP contribution in [0.2, 0.25) is 0 Å². The molecule has 0 fully saturated rings. The highest BCUT2D eigenvalue weighted by Crippen LogP contribution is 2.48. The molecule has 1 atom stereocenters. The van der Waals surface area contributed by atoms with Gasteiger partial charge in [-0.3, -0.25) is 9.59 Å². The van der Waals surface area contributed by atoms with E-state index in [4.69, 9.17) is 0 Å². The van der Waals surface area contributed by atoms with Crippen LogP contribution in [0.1, 0.15) is 19.4 Å². The average Bonchev–Trinajstić information content (AvgIpc) is 2.50. The highest BCUT2D eigenvalue weighted by molar-refractivity contribution is 14.2. The van der Waals surface area contributed by atoms with Gasteiger partial charge >= 0.3 is 0 Å². The summed E-state index contributed by atoms with van der Waals surface area (Å²) >= 11 is 4.47. The van der Waals surface area contributed by atoms with E-state index < -0.39 is 5.41 Å². The largest absolute Gasteiger partial charge is 0.274 e. The molecule has 2 rings (SSSR count). The lowest BCUT2D eigenvalue weighted by Gasteiger charge is -2.25. The molecule has 0 radical (unpaired) electrons. The van der Waals surface area contributed by atoms with Gasteiger partial charge < -0.3 is 0 Å². The van der Waals surface area contributed by atoms with Crippen LogP contribution in [0.25, 0.3) is 0 Å². The molecule has 1 heterocycles. The first-order valence-electron chi connectivity index (χ1n) is 5.13. The number of halogens is 2. The number of hydrogen-bond acceptors (Lipinski definition) is 2. The van der Waals surface area contributed by atoms with Crippen molar-refractivity contribution in [2.24, 2.45) is 0 Å². The smallest absolute Gasteiger partial charge is 0.246 e. The van der Waals surface area contributed by atoms with Crippen LogP contribution < -0.4 is 4.90 Å². The van der Waals surface area contributed by atoms with E-state index in [1.165, 1.54) is 11.8 Å². The zero-order valence-corrected chi connectivity index (χ0v) is 13.7. The minimum absolute atomic E-state index is 0.0932. The number of anilines is 1. The molecule has 1 aliphatic heterocycles. The van der Waals surface area contributed by atoms with Gasteiger partial charge in [-0.1, -0.05) is 63.4 Å². The fourth-order valence-electron chi connectivity index (χ4n) is 2.09. The topological polar surface area (TPSA) is 37.4 Å². The van der Waals surface area contributed by atoms with Crippen molar-refractivity contribution in [2.75, 3.05) is 4.90 Å². The number of para-hydroxylation sites is 1. The normalized spacial score (nSPS) is 23.1. The number of amides is 2. The molecule has 0 aromatic heterocycles. The van der Waals surface area contributed by atoms with Crippen LogP contribution in [0.15, 0.2) is 24.3 Å². The van der Waals surface area contributed by atoms with Crippen LogP contribution >= 0.6 is 45.2 Å². The Kier molecular flexibility index (Phi) is 3.50. The number of nitrogens with zero attached hydrogens (tertiary/aromatic N) is 1. The summed E-state index contributed by atoms with van der Waals surface area (Å²) < 4.78 is 0.0932. The standard InChI is InChI=1S/C12H11I2NO2/c1-7(16)15-9-6-4-3-5-8(9)12(2,10(13)14)11(15)17/h3-6,10H,1-2H3. The monoisotopic (exact) mass is 455 g/mol. The molecule has 0 N–H and O–H groups in total. The highest BCUT2D eigenvalue weighted by atomic mass is 127. The van der Waals surface area contributed by atoms with Crippen LogP contribution in [-0.4, -0.2) is 13.7 Å². The van der Waals surface area contributed by atoms with E-state index in [0.29, 0.717) is 0 Å². The Labute approximate surface area is 127 Å². The molecule has 1 unspecified atom stereocenters. The van der Waals surface area contributed by atoms with E-state index in [0.717, 1.165) is 11.3 Å². The Bertz CT molecular complexity index is 501. The van der Waals surface area contributed by atoms with Crippen molar-refractivity contribution in [1.29, 1.82) is 0 Å². The SMILES string of the molecule is CC(=O)N1C(=O)C(C)(C(I)I)c2ccccc21. The Morgan fingerprint density at radius 3 is 2.47 bits per heavy atom. The predicted octanol–water partition coefficient (Wildman–Crippen LogP) is 3.03. The van der Waals surface area contributed by atoms with Gasteiger partial charge in [-0.2, -0.15) is 0 Å². The van der Waals surface area contributed by atoms with Crippen molar-refractivity contribution in [2.45, 2.75) is 21.2 Å². The van der Waals surface area contributed by atoms with Crippen LogP contribution in [-0.2, 0) is 15.0 Å². The van der Waals surface area contributed by atoms with Crippen LogP contribution in [0.4, 0.5) is 5.69 Å². The average molecular weight is 455 g/mol. The predicted molar refractivity (Wildman–Crippen MR) is 83.8 cm³/mol. The third-order valence-electron chi connectivity index (χ3n) is 3.10. The summed E-state index contributed by atoms with van der Waals surface area (Å²) in [6.07, 6.45) is 0. The number of rotatable bonds is 1. The minimum atomic E-state index is -0.622. The van der Waals surface area contributed by atoms with Crippen molar-refractivity contribution < 1.29 is 9.59 Å². The summed E-state index contributed by atoms with van der Waals surface area (Å²) in [5.41, 5.74) is 1.04. The van der Waals surface area contributed by atoms with Gasteiger partial charge in [0, 0.05) is 6.92 Å². The maximum Gasteiger partial charge on any atom is 0.246 e. The number of imide groups is 1. The van der Waals surface area contributed by atoms with Crippen molar-refractivity contribution in [3.05, 3.63) is 29.8 Å². The van der Waals surface area contributed by atoms with Gasteiger partial charge in [0.1, 0.15) is 0 Å². The first-order valence-corrected chi connectivity index (χ1v) is 7.62. The third kappa shape index (κ3) is 1.81. The van der Waals surface area contributed by atoms with E-state index in [1.54, 1.807) is 0 Å². The molecule has 0 spiro atoms. The van der Waals surface area contributed by atoms with Crippen LogP contribution in [0, 0.1) is 0 Å². The molecule has 17 heavy (non-hydrogen) atoms. The lowest BCUT2D eigenvalue weighted by molar-refractivity contribution is -0.127. The third-order valence-corrected chi connectivity index (χ3v) is 5.59. The van der Waals surface area contributed by atoms with Gasteiger partial charge in [0.2, 0.25) is 11.8 Å². The summed E-state index contributed by atoms with van der Waals surface area (Å²) in [7, 11) is 0. The molecule has 1 aliphatic rings. The van der Waals surface area contributed by atoms with E-state index in [9.17, 15) is 9.59 Å². The van der Waals surface area contributed by atoms with E-state index in [2.05, 4.69) is 45.2 Å². The molecule has 0 saturated heterocycles. The molecule has 1 aromatic rings. The molecular formula is C12H11I2NO2. The fourth-order valence-corrected chi connectivity index (χ4v) is 3.29. The van der Waals surface area contributed by atoms with Crippen LogP contribution in [0.3, 0.4) is 0 Å². The van der Waals surface area contributed by atoms with Crippen LogP contribution in [0.5, 0.6) is 0 Å². The van der Waals surface area contributed by atoms with Gasteiger partial charge in [-0.15, -0.1) is 0 Å². The van der Waals surface area contributed by atoms with Crippen molar-refractivity contribution in [3.8, 4) is 0 Å². The lowest BCUT2D eigenvalue weighted by atomic mass is 9.86. The molecule has 90 valence electrons. The maximum absolute atomic E-state index is 12.5. The maximum atomic E-state index is 12.5. The summed E-state index contributed by atoms with van der Waals surface area (Å²) in [5, 5.41) is 0. The van der Waals surface area contributed by atoms with E-state index in [-0.39, 0.29) is 13.7 Å². The molecule has 2 amide bonds. The zero-order valence-electron chi connectivity index (χ0n) is 9.41. The zero-order chi connectivity index (χ0) is 12.8. The summed E-state index contributed by atoms with van der Waals surface area (Å²) in [5.74, 6) is -0.348. The molecule has 0 aliphatic carbocycles. The van der Waals surface area contributed by atoms with Gasteiger partial charge in [-0.25, -0.2) is 4.90 Å². The molecule has 1 aromatic carbocycles. The molecule has 0 bridgehead atoms. The quantitative estimate of drug-likeness (QED) is 0.483. The number of hydrogen-bond donors (Lipinski definition) is 0. The molecule has 3 nitrogen and oxygen atoms in total. The second-order valence-corrected chi connectivity index (χ2v) is 9.05. The number of fused-ring (bicyclic) bond motifs is 1. The second kappa shape index (κ2) is 4.49. The van der Waals surface area contributed by atoms with Crippen molar-refractivity contribution in [1.82, 2.24) is 0 Å². The Balaban J connectivity index is 2.69. The van der Waals surface area contributed by atoms with Gasteiger partial charge in [-0.05, 0) is 18.6 Å². The molecule has 0 saturated carbocycles. The van der Waals surface area contributed by atoms with Crippen molar-refractivity contribution in [3.63, 3.8) is 0 Å². The van der Waals surface area contributed by atoms with Gasteiger partial charge in [0.15, 0.2) is 0 Å². The second-order valence-electron chi connectivity index (χ2n) is 4.18. The van der Waals surface area contributed by atoms with E-state index >= 15 is 0 Å². The Morgan fingerprint density at radius 2 is 1.94 bits per heavy atom. The first kappa shape index (κ1) is 13.3. The highest BCUT2D eigenvalue weighted by Gasteiger charge is 2.51. The summed E-state index contributed by atoms with van der Waals surface area (Å²) in [6.45, 7) is 3.33. The Hall–Kier alpha value is -0.180. The minimum Gasteiger partial charge on any atom is -0.274 e. The van der Waals surface area contributed by atoms with Gasteiger partial charge in [0.25, 0.3) is 0 Å². The number of alkyl halides is 2. The fraction of sp³-hybridized carbons (Fsp3) is 0.333. The van der Waals surface area contributed by atoms with E-state index in [1.807, 2.05) is 31.2 Å². The summed E-state index contributed by atoms with van der Waals surface area (Å²) in [6, 6.07) is 7.52. The number of carbonyl (C=O) groups excluding carboxylic acids is 2. The summed E-state index contributed by atoms with van der Waals surface area (Å²) in [4.78, 5) is 25.4. The number of benzene rings is 1. The molecule has 5 heteroatoms. The number of carbonyl (C=O) groups is 2. The first-order chi connectivity index (χ1) is 7.90. The molecular weight excluding hydrogens is 444 g/mol. The van der Waals surface area contributed by atoms with Crippen molar-refractivity contribution >= 4 is 62.7 Å².